The van der Waals surface area contributed by atoms with Crippen LogP contribution in [0.4, 0.5) is 0 Å². The van der Waals surface area contributed by atoms with Crippen molar-refractivity contribution in [1.29, 1.82) is 0 Å². The fraction of sp³-hybridized carbons (Fsp3) is 0.400. The van der Waals surface area contributed by atoms with Gasteiger partial charge in [0.1, 0.15) is 0 Å². The summed E-state index contributed by atoms with van der Waals surface area (Å²) in [4.78, 5) is 13.7. The van der Waals surface area contributed by atoms with Crippen molar-refractivity contribution >= 4 is 5.91 Å². The second kappa shape index (κ2) is 6.75. The number of terminal acetylenes is 1. The summed E-state index contributed by atoms with van der Waals surface area (Å²) >= 11 is 0. The fourth-order valence-electron chi connectivity index (χ4n) is 1.66. The van der Waals surface area contributed by atoms with E-state index >= 15 is 0 Å². The minimum Gasteiger partial charge on any atom is -0.331 e. The molecule has 1 aromatic carbocycles. The largest absolute Gasteiger partial charge is 0.331 e. The minimum atomic E-state index is 0.105. The van der Waals surface area contributed by atoms with E-state index in [0.29, 0.717) is 13.0 Å². The Labute approximate surface area is 104 Å². The summed E-state index contributed by atoms with van der Waals surface area (Å²) in [5.41, 5.74) is 2.24. The molecule has 90 valence electrons. The SMILES string of the molecule is C#CCN(CCC)C(=O)Cc1ccc(C)cc1. The molecule has 1 rings (SSSR count). The lowest BCUT2D eigenvalue weighted by molar-refractivity contribution is -0.129. The summed E-state index contributed by atoms with van der Waals surface area (Å²) in [5, 5.41) is 0. The predicted octanol–water partition coefficient (Wildman–Crippen LogP) is 2.41. The van der Waals surface area contributed by atoms with Crippen LogP contribution in [0.25, 0.3) is 0 Å². The zero-order valence-electron chi connectivity index (χ0n) is 10.6. The van der Waals surface area contributed by atoms with Crippen LogP contribution in [0.3, 0.4) is 0 Å². The maximum absolute atomic E-state index is 12.0. The summed E-state index contributed by atoms with van der Waals surface area (Å²) in [6, 6.07) is 8.03. The normalized spacial score (nSPS) is 9.71. The number of aryl methyl sites for hydroxylation is 1. The van der Waals surface area contributed by atoms with Crippen LogP contribution in [0, 0.1) is 19.3 Å². The topological polar surface area (TPSA) is 20.3 Å². The Morgan fingerprint density at radius 3 is 2.53 bits per heavy atom. The molecule has 0 saturated carbocycles. The van der Waals surface area contributed by atoms with Crippen LogP contribution in [0.15, 0.2) is 24.3 Å². The molecule has 2 heteroatoms. The standard InChI is InChI=1S/C15H19NO/c1-4-10-16(11-5-2)15(17)12-14-8-6-13(3)7-9-14/h1,6-9H,5,10-12H2,2-3H3. The Kier molecular flexibility index (Phi) is 5.29. The second-order valence-corrected chi connectivity index (χ2v) is 4.18. The molecule has 2 nitrogen and oxygen atoms in total. The van der Waals surface area contributed by atoms with Crippen molar-refractivity contribution in [2.75, 3.05) is 13.1 Å². The van der Waals surface area contributed by atoms with Gasteiger partial charge in [-0.05, 0) is 18.9 Å². The van der Waals surface area contributed by atoms with Crippen LogP contribution < -0.4 is 0 Å². The average Bonchev–Trinajstić information content (AvgIpc) is 2.32. The number of hydrogen-bond acceptors (Lipinski definition) is 1. The van der Waals surface area contributed by atoms with Crippen molar-refractivity contribution in [3.63, 3.8) is 0 Å². The van der Waals surface area contributed by atoms with E-state index in [1.165, 1.54) is 5.56 Å². The average molecular weight is 229 g/mol. The molecule has 1 aromatic rings. The fourth-order valence-corrected chi connectivity index (χ4v) is 1.66. The summed E-state index contributed by atoms with van der Waals surface area (Å²) in [6.07, 6.45) is 6.63. The van der Waals surface area contributed by atoms with Crippen LogP contribution >= 0.6 is 0 Å². The molecule has 0 aliphatic heterocycles. The van der Waals surface area contributed by atoms with Crippen molar-refractivity contribution in [2.24, 2.45) is 0 Å². The van der Waals surface area contributed by atoms with E-state index in [-0.39, 0.29) is 5.91 Å². The highest BCUT2D eigenvalue weighted by molar-refractivity contribution is 5.79. The van der Waals surface area contributed by atoms with Gasteiger partial charge in [-0.1, -0.05) is 42.7 Å². The molecule has 0 unspecified atom stereocenters. The lowest BCUT2D eigenvalue weighted by Crippen LogP contribution is -2.33. The van der Waals surface area contributed by atoms with Gasteiger partial charge < -0.3 is 4.90 Å². The molecule has 0 aliphatic carbocycles. The molecule has 0 aliphatic rings. The number of rotatable bonds is 5. The predicted molar refractivity (Wildman–Crippen MR) is 70.6 cm³/mol. The summed E-state index contributed by atoms with van der Waals surface area (Å²) in [5.74, 6) is 2.64. The van der Waals surface area contributed by atoms with Gasteiger partial charge in [-0.2, -0.15) is 0 Å². The lowest BCUT2D eigenvalue weighted by atomic mass is 10.1. The van der Waals surface area contributed by atoms with Crippen LogP contribution in [-0.4, -0.2) is 23.9 Å². The molecule has 0 fully saturated rings. The Bertz CT molecular complexity index is 400. The van der Waals surface area contributed by atoms with Crippen molar-refractivity contribution < 1.29 is 4.79 Å². The molecule has 0 radical (unpaired) electrons. The van der Waals surface area contributed by atoms with E-state index in [1.807, 2.05) is 38.1 Å². The number of carbonyl (C=O) groups excluding carboxylic acids is 1. The number of hydrogen-bond donors (Lipinski definition) is 0. The van der Waals surface area contributed by atoms with Gasteiger partial charge in [-0.3, -0.25) is 4.79 Å². The summed E-state index contributed by atoms with van der Waals surface area (Å²) < 4.78 is 0. The van der Waals surface area contributed by atoms with E-state index in [9.17, 15) is 4.79 Å². The van der Waals surface area contributed by atoms with Gasteiger partial charge in [0.2, 0.25) is 5.91 Å². The summed E-state index contributed by atoms with van der Waals surface area (Å²) in [6.45, 7) is 5.21. The third-order valence-corrected chi connectivity index (χ3v) is 2.60. The van der Waals surface area contributed by atoms with E-state index in [0.717, 1.165) is 18.5 Å². The third-order valence-electron chi connectivity index (χ3n) is 2.60. The highest BCUT2D eigenvalue weighted by Gasteiger charge is 2.11. The number of carbonyl (C=O) groups is 1. The maximum Gasteiger partial charge on any atom is 0.227 e. The third kappa shape index (κ3) is 4.32. The van der Waals surface area contributed by atoms with Gasteiger partial charge in [0.15, 0.2) is 0 Å². The highest BCUT2D eigenvalue weighted by Crippen LogP contribution is 2.06. The molecule has 0 bridgehead atoms. The molecule has 0 heterocycles. The zero-order valence-corrected chi connectivity index (χ0v) is 10.6. The van der Waals surface area contributed by atoms with Crippen LogP contribution in [0.1, 0.15) is 24.5 Å². The zero-order chi connectivity index (χ0) is 12.7. The molecule has 0 spiro atoms. The second-order valence-electron chi connectivity index (χ2n) is 4.18. The first kappa shape index (κ1) is 13.3. The lowest BCUT2D eigenvalue weighted by Gasteiger charge is -2.19. The van der Waals surface area contributed by atoms with Crippen LogP contribution in [-0.2, 0) is 11.2 Å². The van der Waals surface area contributed by atoms with Gasteiger partial charge in [-0.25, -0.2) is 0 Å². The molecule has 0 saturated heterocycles. The molecule has 1 amide bonds. The van der Waals surface area contributed by atoms with E-state index < -0.39 is 0 Å². The molecule has 0 aromatic heterocycles. The molecule has 17 heavy (non-hydrogen) atoms. The Balaban J connectivity index is 2.63. The van der Waals surface area contributed by atoms with E-state index in [1.54, 1.807) is 4.90 Å². The van der Waals surface area contributed by atoms with Gasteiger partial charge in [0.05, 0.1) is 13.0 Å². The first-order valence-corrected chi connectivity index (χ1v) is 5.94. The Hall–Kier alpha value is -1.75. The minimum absolute atomic E-state index is 0.105. The Morgan fingerprint density at radius 2 is 2.00 bits per heavy atom. The first-order chi connectivity index (χ1) is 8.17. The summed E-state index contributed by atoms with van der Waals surface area (Å²) in [7, 11) is 0. The molecular formula is C15H19NO. The highest BCUT2D eigenvalue weighted by atomic mass is 16.2. The number of nitrogens with zero attached hydrogens (tertiary/aromatic N) is 1. The van der Waals surface area contributed by atoms with Gasteiger partial charge in [0, 0.05) is 6.54 Å². The monoisotopic (exact) mass is 229 g/mol. The smallest absolute Gasteiger partial charge is 0.227 e. The first-order valence-electron chi connectivity index (χ1n) is 5.94. The maximum atomic E-state index is 12.0. The molecule has 0 N–H and O–H groups in total. The van der Waals surface area contributed by atoms with Crippen molar-refractivity contribution in [3.05, 3.63) is 35.4 Å². The molecule has 0 atom stereocenters. The number of benzene rings is 1. The van der Waals surface area contributed by atoms with E-state index in [2.05, 4.69) is 5.92 Å². The van der Waals surface area contributed by atoms with Crippen molar-refractivity contribution in [3.8, 4) is 12.3 Å². The quantitative estimate of drug-likeness (QED) is 0.710. The molecular weight excluding hydrogens is 210 g/mol. The van der Waals surface area contributed by atoms with Crippen LogP contribution in [0.2, 0.25) is 0 Å². The van der Waals surface area contributed by atoms with Crippen LogP contribution in [0.5, 0.6) is 0 Å². The van der Waals surface area contributed by atoms with Gasteiger partial charge in [-0.15, -0.1) is 6.42 Å². The van der Waals surface area contributed by atoms with Crippen molar-refractivity contribution in [2.45, 2.75) is 26.7 Å². The van der Waals surface area contributed by atoms with Gasteiger partial charge in [0.25, 0.3) is 0 Å². The Morgan fingerprint density at radius 1 is 1.35 bits per heavy atom. The van der Waals surface area contributed by atoms with E-state index in [4.69, 9.17) is 6.42 Å². The van der Waals surface area contributed by atoms with Crippen molar-refractivity contribution in [1.82, 2.24) is 4.90 Å². The number of amides is 1. The van der Waals surface area contributed by atoms with Gasteiger partial charge >= 0.3 is 0 Å².